The van der Waals surface area contributed by atoms with Gasteiger partial charge in [0.05, 0.1) is 27.0 Å². The number of benzene rings is 1. The molecule has 22 heavy (non-hydrogen) atoms. The van der Waals surface area contributed by atoms with Crippen LogP contribution in [0.25, 0.3) is 0 Å². The molecule has 0 bridgehead atoms. The molecule has 2 aromatic rings. The number of aromatic nitrogens is 1. The van der Waals surface area contributed by atoms with Gasteiger partial charge in [0.15, 0.2) is 0 Å². The lowest BCUT2D eigenvalue weighted by atomic mass is 10.1. The van der Waals surface area contributed by atoms with Crippen LogP contribution in [0.3, 0.4) is 0 Å². The molecule has 0 atom stereocenters. The SMILES string of the molecule is COC(=O)c1ccc(C(=O)c2cc(OC)cc(OC)c2)n1C. The van der Waals surface area contributed by atoms with Crippen molar-refractivity contribution in [3.63, 3.8) is 0 Å². The molecule has 0 N–H and O–H groups in total. The van der Waals surface area contributed by atoms with Gasteiger partial charge in [0.2, 0.25) is 5.78 Å². The number of hydrogen-bond acceptors (Lipinski definition) is 5. The monoisotopic (exact) mass is 303 g/mol. The van der Waals surface area contributed by atoms with Crippen molar-refractivity contribution >= 4 is 11.8 Å². The van der Waals surface area contributed by atoms with Gasteiger partial charge in [-0.1, -0.05) is 0 Å². The number of methoxy groups -OCH3 is 3. The summed E-state index contributed by atoms with van der Waals surface area (Å²) in [7, 11) is 5.96. The highest BCUT2D eigenvalue weighted by Gasteiger charge is 2.19. The minimum Gasteiger partial charge on any atom is -0.497 e. The van der Waals surface area contributed by atoms with E-state index in [1.165, 1.54) is 25.9 Å². The molecule has 0 amide bonds. The van der Waals surface area contributed by atoms with E-state index < -0.39 is 5.97 Å². The van der Waals surface area contributed by atoms with E-state index in [0.717, 1.165) is 0 Å². The van der Waals surface area contributed by atoms with E-state index in [0.29, 0.717) is 28.5 Å². The molecule has 0 radical (unpaired) electrons. The molecule has 0 spiro atoms. The Morgan fingerprint density at radius 3 is 1.95 bits per heavy atom. The zero-order chi connectivity index (χ0) is 16.3. The number of nitrogens with zero attached hydrogens (tertiary/aromatic N) is 1. The molecule has 2 rings (SSSR count). The lowest BCUT2D eigenvalue weighted by Gasteiger charge is -2.09. The molecule has 0 saturated heterocycles. The van der Waals surface area contributed by atoms with E-state index in [2.05, 4.69) is 4.74 Å². The van der Waals surface area contributed by atoms with Crippen LogP contribution in [0.4, 0.5) is 0 Å². The first-order valence-electron chi connectivity index (χ1n) is 6.53. The molecule has 0 aliphatic heterocycles. The summed E-state index contributed by atoms with van der Waals surface area (Å²) in [6.07, 6.45) is 0. The number of rotatable bonds is 5. The Kier molecular flexibility index (Phi) is 4.50. The Hall–Kier alpha value is -2.76. The molecule has 116 valence electrons. The fourth-order valence-electron chi connectivity index (χ4n) is 2.14. The normalized spacial score (nSPS) is 10.2. The Morgan fingerprint density at radius 1 is 0.909 bits per heavy atom. The van der Waals surface area contributed by atoms with Gasteiger partial charge in [-0.3, -0.25) is 4.79 Å². The minimum absolute atomic E-state index is 0.241. The van der Waals surface area contributed by atoms with Crippen molar-refractivity contribution in [3.05, 3.63) is 47.3 Å². The number of ether oxygens (including phenoxy) is 3. The lowest BCUT2D eigenvalue weighted by Crippen LogP contribution is -2.13. The number of ketones is 1. The summed E-state index contributed by atoms with van der Waals surface area (Å²) in [5.41, 5.74) is 1.09. The van der Waals surface area contributed by atoms with E-state index in [9.17, 15) is 9.59 Å². The van der Waals surface area contributed by atoms with Crippen LogP contribution in [0.1, 0.15) is 26.5 Å². The van der Waals surface area contributed by atoms with Crippen molar-refractivity contribution in [2.75, 3.05) is 21.3 Å². The Labute approximate surface area is 128 Å². The molecule has 1 heterocycles. The summed E-state index contributed by atoms with van der Waals surface area (Å²) >= 11 is 0. The van der Waals surface area contributed by atoms with E-state index in [-0.39, 0.29) is 5.78 Å². The van der Waals surface area contributed by atoms with Crippen molar-refractivity contribution in [1.82, 2.24) is 4.57 Å². The highest BCUT2D eigenvalue weighted by atomic mass is 16.5. The number of carbonyl (C=O) groups is 2. The smallest absolute Gasteiger partial charge is 0.354 e. The van der Waals surface area contributed by atoms with Crippen LogP contribution >= 0.6 is 0 Å². The average Bonchev–Trinajstić information content (AvgIpc) is 2.94. The molecular formula is C16H17NO5. The number of esters is 1. The summed E-state index contributed by atoms with van der Waals surface area (Å²) in [5, 5.41) is 0. The van der Waals surface area contributed by atoms with Crippen molar-refractivity contribution in [2.24, 2.45) is 7.05 Å². The van der Waals surface area contributed by atoms with E-state index in [4.69, 9.17) is 9.47 Å². The minimum atomic E-state index is -0.496. The molecule has 6 nitrogen and oxygen atoms in total. The predicted octanol–water partition coefficient (Wildman–Crippen LogP) is 2.06. The summed E-state index contributed by atoms with van der Waals surface area (Å²) in [5.74, 6) is 0.301. The van der Waals surface area contributed by atoms with Crippen molar-refractivity contribution < 1.29 is 23.8 Å². The summed E-state index contributed by atoms with van der Waals surface area (Å²) in [6, 6.07) is 8.06. The lowest BCUT2D eigenvalue weighted by molar-refractivity contribution is 0.0590. The third-order valence-corrected chi connectivity index (χ3v) is 3.36. The highest BCUT2D eigenvalue weighted by molar-refractivity contribution is 6.09. The van der Waals surface area contributed by atoms with Gasteiger partial charge in [-0.05, 0) is 24.3 Å². The summed E-state index contributed by atoms with van der Waals surface area (Å²) < 4.78 is 16.5. The first kappa shape index (κ1) is 15.6. The quantitative estimate of drug-likeness (QED) is 0.625. The maximum Gasteiger partial charge on any atom is 0.354 e. The second-order valence-electron chi connectivity index (χ2n) is 4.58. The largest absolute Gasteiger partial charge is 0.497 e. The fraction of sp³-hybridized carbons (Fsp3) is 0.250. The Balaban J connectivity index is 2.44. The topological polar surface area (TPSA) is 66.8 Å². The van der Waals surface area contributed by atoms with Crippen LogP contribution in [-0.4, -0.2) is 37.6 Å². The molecule has 0 aliphatic rings. The Morgan fingerprint density at radius 2 is 1.45 bits per heavy atom. The predicted molar refractivity (Wildman–Crippen MR) is 79.7 cm³/mol. The first-order valence-corrected chi connectivity index (χ1v) is 6.53. The van der Waals surface area contributed by atoms with Gasteiger partial charge in [0, 0.05) is 18.7 Å². The van der Waals surface area contributed by atoms with E-state index in [1.807, 2.05) is 0 Å². The number of carbonyl (C=O) groups excluding carboxylic acids is 2. The molecule has 1 aromatic heterocycles. The van der Waals surface area contributed by atoms with Crippen LogP contribution < -0.4 is 9.47 Å². The van der Waals surface area contributed by atoms with Gasteiger partial charge in [0.1, 0.15) is 17.2 Å². The zero-order valence-electron chi connectivity index (χ0n) is 12.9. The highest BCUT2D eigenvalue weighted by Crippen LogP contribution is 2.24. The van der Waals surface area contributed by atoms with Crippen LogP contribution in [0.5, 0.6) is 11.5 Å². The second-order valence-corrected chi connectivity index (χ2v) is 4.58. The molecule has 1 aromatic carbocycles. The van der Waals surface area contributed by atoms with Crippen molar-refractivity contribution in [1.29, 1.82) is 0 Å². The van der Waals surface area contributed by atoms with Crippen LogP contribution in [-0.2, 0) is 11.8 Å². The number of hydrogen-bond donors (Lipinski definition) is 0. The average molecular weight is 303 g/mol. The van der Waals surface area contributed by atoms with Crippen LogP contribution in [0.2, 0.25) is 0 Å². The van der Waals surface area contributed by atoms with Gasteiger partial charge in [-0.15, -0.1) is 0 Å². The zero-order valence-corrected chi connectivity index (χ0v) is 12.9. The summed E-state index contributed by atoms with van der Waals surface area (Å²) in [4.78, 5) is 24.3. The third kappa shape index (κ3) is 2.81. The van der Waals surface area contributed by atoms with Crippen molar-refractivity contribution in [2.45, 2.75) is 0 Å². The fourth-order valence-corrected chi connectivity index (χ4v) is 2.14. The molecule has 0 aliphatic carbocycles. The van der Waals surface area contributed by atoms with Crippen molar-refractivity contribution in [3.8, 4) is 11.5 Å². The van der Waals surface area contributed by atoms with E-state index in [1.54, 1.807) is 37.4 Å². The maximum absolute atomic E-state index is 12.6. The summed E-state index contributed by atoms with van der Waals surface area (Å²) in [6.45, 7) is 0. The van der Waals surface area contributed by atoms with E-state index >= 15 is 0 Å². The molecular weight excluding hydrogens is 286 g/mol. The second kappa shape index (κ2) is 6.34. The van der Waals surface area contributed by atoms with Gasteiger partial charge in [0.25, 0.3) is 0 Å². The van der Waals surface area contributed by atoms with Gasteiger partial charge in [-0.25, -0.2) is 4.79 Å². The van der Waals surface area contributed by atoms with Gasteiger partial charge < -0.3 is 18.8 Å². The maximum atomic E-state index is 12.6. The molecule has 6 heteroatoms. The molecule has 0 unspecified atom stereocenters. The third-order valence-electron chi connectivity index (χ3n) is 3.36. The van der Waals surface area contributed by atoms with Crippen LogP contribution in [0, 0.1) is 0 Å². The van der Waals surface area contributed by atoms with Gasteiger partial charge >= 0.3 is 5.97 Å². The van der Waals surface area contributed by atoms with Gasteiger partial charge in [-0.2, -0.15) is 0 Å². The first-order chi connectivity index (χ1) is 10.5. The molecule has 0 fully saturated rings. The molecule has 0 saturated carbocycles. The van der Waals surface area contributed by atoms with Crippen LogP contribution in [0.15, 0.2) is 30.3 Å². The Bertz CT molecular complexity index is 695. The standard InChI is InChI=1S/C16H17NO5/c1-17-13(5-6-14(17)16(19)22-4)15(18)10-7-11(20-2)9-12(8-10)21-3/h5-9H,1-4H3.